The van der Waals surface area contributed by atoms with E-state index in [0.717, 1.165) is 23.0 Å². The van der Waals surface area contributed by atoms with E-state index >= 15 is 0 Å². The van der Waals surface area contributed by atoms with Crippen LogP contribution in [0.25, 0.3) is 10.9 Å². The molecule has 2 heterocycles. The number of carbonyl (C=O) groups excluding carboxylic acids is 1. The summed E-state index contributed by atoms with van der Waals surface area (Å²) in [6.07, 6.45) is -1.28. The fourth-order valence-electron chi connectivity index (χ4n) is 3.73. The number of aromatic nitrogens is 1. The molecule has 0 spiro atoms. The molecule has 0 aliphatic heterocycles. The summed E-state index contributed by atoms with van der Waals surface area (Å²) in [5.41, 5.74) is 1.16. The highest BCUT2D eigenvalue weighted by Gasteiger charge is 2.32. The Kier molecular flexibility index (Phi) is 5.94. The number of nitrogens with one attached hydrogen (secondary N) is 2. The Bertz CT molecular complexity index is 1210. The zero-order valence-corrected chi connectivity index (χ0v) is 17.2. The van der Waals surface area contributed by atoms with E-state index in [-0.39, 0.29) is 18.9 Å². The topological polar surface area (TPSA) is 67.3 Å². The number of rotatable bonds is 7. The van der Waals surface area contributed by atoms with E-state index in [2.05, 4.69) is 10.3 Å². The van der Waals surface area contributed by atoms with Gasteiger partial charge in [-0.2, -0.15) is 13.2 Å². The predicted octanol–water partition coefficient (Wildman–Crippen LogP) is 5.63. The van der Waals surface area contributed by atoms with Gasteiger partial charge in [0.15, 0.2) is 0 Å². The summed E-state index contributed by atoms with van der Waals surface area (Å²) in [6, 6.07) is 14.0. The van der Waals surface area contributed by atoms with Crippen molar-refractivity contribution in [3.8, 4) is 5.75 Å². The van der Waals surface area contributed by atoms with Gasteiger partial charge in [0, 0.05) is 29.4 Å². The summed E-state index contributed by atoms with van der Waals surface area (Å²) in [4.78, 5) is 15.9. The van der Waals surface area contributed by atoms with E-state index in [9.17, 15) is 18.0 Å². The van der Waals surface area contributed by atoms with Crippen LogP contribution < -0.4 is 10.1 Å². The number of hydrogen-bond donors (Lipinski definition) is 2. The molecular weight excluding hydrogens is 421 g/mol. The molecule has 1 amide bonds. The van der Waals surface area contributed by atoms with Crippen LogP contribution in [0.1, 0.15) is 34.8 Å². The first-order valence-electron chi connectivity index (χ1n) is 9.96. The molecule has 32 heavy (non-hydrogen) atoms. The largest absolute Gasteiger partial charge is 0.497 e. The Balaban J connectivity index is 1.71. The minimum atomic E-state index is -4.48. The first kappa shape index (κ1) is 21.5. The molecule has 8 heteroatoms. The standard InChI is InChI=1S/C24H21F3N2O3/c1-31-17-7-8-22-20(11-17)21(14-28-22)19(12-23(30)29-13-18-6-3-9-32-18)15-4-2-5-16(10-15)24(25,26)27/h2-11,14,19,28H,12-13H2,1H3,(H,29,30). The summed E-state index contributed by atoms with van der Waals surface area (Å²) >= 11 is 0. The Morgan fingerprint density at radius 1 is 1.16 bits per heavy atom. The number of halogens is 3. The lowest BCUT2D eigenvalue weighted by Crippen LogP contribution is -2.24. The van der Waals surface area contributed by atoms with Crippen LogP contribution in [0.2, 0.25) is 0 Å². The summed E-state index contributed by atoms with van der Waals surface area (Å²) in [5, 5.41) is 3.56. The fraction of sp³-hybridized carbons (Fsp3) is 0.208. The molecule has 0 aliphatic rings. The van der Waals surface area contributed by atoms with Crippen LogP contribution >= 0.6 is 0 Å². The number of furan rings is 1. The molecule has 166 valence electrons. The summed E-state index contributed by atoms with van der Waals surface area (Å²) in [6.45, 7) is 0.197. The van der Waals surface area contributed by atoms with Gasteiger partial charge in [0.2, 0.25) is 5.91 Å². The van der Waals surface area contributed by atoms with Crippen molar-refractivity contribution in [2.75, 3.05) is 7.11 Å². The summed E-state index contributed by atoms with van der Waals surface area (Å²) < 4.78 is 50.6. The maximum atomic E-state index is 13.4. The van der Waals surface area contributed by atoms with E-state index in [1.807, 2.05) is 12.1 Å². The number of aromatic amines is 1. The van der Waals surface area contributed by atoms with Gasteiger partial charge in [-0.3, -0.25) is 4.79 Å². The highest BCUT2D eigenvalue weighted by Crippen LogP contribution is 2.37. The molecule has 1 unspecified atom stereocenters. The van der Waals surface area contributed by atoms with E-state index in [1.54, 1.807) is 37.6 Å². The van der Waals surface area contributed by atoms with Crippen LogP contribution in [0.15, 0.2) is 71.5 Å². The van der Waals surface area contributed by atoms with E-state index in [4.69, 9.17) is 9.15 Å². The maximum absolute atomic E-state index is 13.4. The van der Waals surface area contributed by atoms with Gasteiger partial charge in [0.1, 0.15) is 11.5 Å². The van der Waals surface area contributed by atoms with Gasteiger partial charge in [-0.25, -0.2) is 0 Å². The zero-order chi connectivity index (χ0) is 22.7. The lowest BCUT2D eigenvalue weighted by atomic mass is 9.87. The van der Waals surface area contributed by atoms with Crippen molar-refractivity contribution in [2.24, 2.45) is 0 Å². The normalized spacial score (nSPS) is 12.6. The molecule has 2 aromatic heterocycles. The van der Waals surface area contributed by atoms with Gasteiger partial charge in [-0.05, 0) is 47.5 Å². The van der Waals surface area contributed by atoms with Crippen molar-refractivity contribution >= 4 is 16.8 Å². The average Bonchev–Trinajstić information content (AvgIpc) is 3.45. The lowest BCUT2D eigenvalue weighted by Gasteiger charge is -2.19. The van der Waals surface area contributed by atoms with Gasteiger partial charge in [-0.1, -0.05) is 18.2 Å². The quantitative estimate of drug-likeness (QED) is 0.390. The lowest BCUT2D eigenvalue weighted by molar-refractivity contribution is -0.137. The van der Waals surface area contributed by atoms with Crippen molar-refractivity contribution in [1.29, 1.82) is 0 Å². The van der Waals surface area contributed by atoms with Crippen LogP contribution in [0.3, 0.4) is 0 Å². The third kappa shape index (κ3) is 4.64. The molecule has 1 atom stereocenters. The van der Waals surface area contributed by atoms with Crippen molar-refractivity contribution in [1.82, 2.24) is 10.3 Å². The second-order valence-electron chi connectivity index (χ2n) is 7.39. The van der Waals surface area contributed by atoms with Gasteiger partial charge in [0.25, 0.3) is 0 Å². The number of amides is 1. The number of H-pyrrole nitrogens is 1. The second kappa shape index (κ2) is 8.82. The van der Waals surface area contributed by atoms with E-state index in [0.29, 0.717) is 22.6 Å². The van der Waals surface area contributed by atoms with Crippen LogP contribution in [0, 0.1) is 0 Å². The molecule has 5 nitrogen and oxygen atoms in total. The van der Waals surface area contributed by atoms with Crippen molar-refractivity contribution < 1.29 is 27.1 Å². The SMILES string of the molecule is COc1ccc2[nH]cc(C(CC(=O)NCc3ccco3)c3cccc(C(F)(F)F)c3)c2c1. The van der Waals surface area contributed by atoms with Crippen LogP contribution in [0.5, 0.6) is 5.75 Å². The molecule has 0 saturated heterocycles. The predicted molar refractivity (Wildman–Crippen MR) is 113 cm³/mol. The number of carbonyl (C=O) groups is 1. The zero-order valence-electron chi connectivity index (χ0n) is 17.2. The number of benzene rings is 2. The molecule has 0 fully saturated rings. The van der Waals surface area contributed by atoms with Gasteiger partial charge in [-0.15, -0.1) is 0 Å². The highest BCUT2D eigenvalue weighted by atomic mass is 19.4. The molecule has 0 radical (unpaired) electrons. The molecule has 0 saturated carbocycles. The molecular formula is C24H21F3N2O3. The average molecular weight is 442 g/mol. The number of alkyl halides is 3. The van der Waals surface area contributed by atoms with Gasteiger partial charge in [0.05, 0.1) is 25.5 Å². The first-order valence-corrected chi connectivity index (χ1v) is 9.96. The van der Waals surface area contributed by atoms with Crippen molar-refractivity contribution in [2.45, 2.75) is 25.1 Å². The summed E-state index contributed by atoms with van der Waals surface area (Å²) in [5.74, 6) is 0.296. The second-order valence-corrected chi connectivity index (χ2v) is 7.39. The van der Waals surface area contributed by atoms with Crippen LogP contribution in [0.4, 0.5) is 13.2 Å². The monoisotopic (exact) mass is 442 g/mol. The third-order valence-electron chi connectivity index (χ3n) is 5.34. The van der Waals surface area contributed by atoms with Gasteiger partial charge >= 0.3 is 6.18 Å². The Morgan fingerprint density at radius 2 is 2.00 bits per heavy atom. The van der Waals surface area contributed by atoms with Crippen molar-refractivity contribution in [3.05, 3.63) is 89.5 Å². The smallest absolute Gasteiger partial charge is 0.416 e. The fourth-order valence-corrected chi connectivity index (χ4v) is 3.73. The number of fused-ring (bicyclic) bond motifs is 1. The van der Waals surface area contributed by atoms with E-state index in [1.165, 1.54) is 12.3 Å². The molecule has 0 bridgehead atoms. The van der Waals surface area contributed by atoms with Crippen LogP contribution in [-0.4, -0.2) is 18.0 Å². The number of methoxy groups -OCH3 is 1. The maximum Gasteiger partial charge on any atom is 0.416 e. The van der Waals surface area contributed by atoms with Crippen LogP contribution in [-0.2, 0) is 17.5 Å². The molecule has 4 rings (SSSR count). The van der Waals surface area contributed by atoms with Crippen molar-refractivity contribution in [3.63, 3.8) is 0 Å². The molecule has 2 N–H and O–H groups in total. The molecule has 0 aliphatic carbocycles. The highest BCUT2D eigenvalue weighted by molar-refractivity contribution is 5.87. The Morgan fingerprint density at radius 3 is 2.72 bits per heavy atom. The summed E-state index contributed by atoms with van der Waals surface area (Å²) in [7, 11) is 1.54. The Labute approximate surface area is 182 Å². The third-order valence-corrected chi connectivity index (χ3v) is 5.34. The van der Waals surface area contributed by atoms with E-state index < -0.39 is 17.7 Å². The molecule has 2 aromatic carbocycles. The number of hydrogen-bond acceptors (Lipinski definition) is 3. The minimum absolute atomic E-state index is 0.0355. The van der Waals surface area contributed by atoms with Gasteiger partial charge < -0.3 is 19.5 Å². The molecule has 4 aromatic rings. The first-order chi connectivity index (χ1) is 15.3. The minimum Gasteiger partial charge on any atom is -0.497 e. The Hall–Kier alpha value is -3.68. The number of ether oxygens (including phenoxy) is 1.